The number of nitrogens with two attached hydrogens (primary N) is 1. The van der Waals surface area contributed by atoms with Gasteiger partial charge in [0.1, 0.15) is 17.2 Å². The number of hydrogen-bond donors (Lipinski definition) is 3. The summed E-state index contributed by atoms with van der Waals surface area (Å²) in [6, 6.07) is 7.92. The molecule has 0 aliphatic carbocycles. The van der Waals surface area contributed by atoms with Crippen LogP contribution in [0, 0.1) is 0 Å². The number of rotatable bonds is 8. The van der Waals surface area contributed by atoms with Crippen LogP contribution in [-0.2, 0) is 17.5 Å². The van der Waals surface area contributed by atoms with E-state index in [0.29, 0.717) is 22.9 Å². The highest BCUT2D eigenvalue weighted by Crippen LogP contribution is 2.30. The maximum atomic E-state index is 12.6. The first-order valence-corrected chi connectivity index (χ1v) is 9.45. The number of benzene rings is 1. The van der Waals surface area contributed by atoms with Gasteiger partial charge in [-0.3, -0.25) is 5.32 Å². The van der Waals surface area contributed by atoms with Gasteiger partial charge in [-0.05, 0) is 43.3 Å². The Balaban J connectivity index is 1.48. The minimum Gasteiger partial charge on any atom is -0.382 e. The summed E-state index contributed by atoms with van der Waals surface area (Å²) in [7, 11) is 0. The Hall–Kier alpha value is -3.02. The Morgan fingerprint density at radius 1 is 1.10 bits per heavy atom. The van der Waals surface area contributed by atoms with Crippen molar-refractivity contribution in [3.05, 3.63) is 64.7 Å². The topological polar surface area (TPSA) is 111 Å². The molecule has 0 fully saturated rings. The van der Waals surface area contributed by atoms with Crippen LogP contribution in [0.1, 0.15) is 29.9 Å². The molecule has 12 heteroatoms. The van der Waals surface area contributed by atoms with Crippen LogP contribution in [0.15, 0.2) is 42.7 Å². The Morgan fingerprint density at radius 2 is 1.84 bits per heavy atom. The Kier molecular flexibility index (Phi) is 7.21. The van der Waals surface area contributed by atoms with E-state index in [-0.39, 0.29) is 30.2 Å². The molecule has 0 radical (unpaired) electrons. The monoisotopic (exact) mass is 453 g/mol. The standard InChI is InChI=1S/C19H19ClF3N7O/c1-11(27-10-31-8-15-17(20)18(24)26-9-25-15)14-6-7-16(30-29-14)28-13-4-2-12(3-5-13)19(21,22)23/h2-7,9,11,27H,8,10H2,1H3,(H,28,30)(H2,24,25,26). The van der Waals surface area contributed by atoms with E-state index in [0.717, 1.165) is 12.1 Å². The van der Waals surface area contributed by atoms with Crippen molar-refractivity contribution >= 4 is 28.9 Å². The van der Waals surface area contributed by atoms with Gasteiger partial charge in [0.05, 0.1) is 36.3 Å². The van der Waals surface area contributed by atoms with Gasteiger partial charge in [-0.25, -0.2) is 9.97 Å². The molecule has 0 aliphatic heterocycles. The Bertz CT molecular complexity index is 1000. The molecule has 1 aromatic carbocycles. The summed E-state index contributed by atoms with van der Waals surface area (Å²) in [5.74, 6) is 0.597. The van der Waals surface area contributed by atoms with E-state index in [1.54, 1.807) is 12.1 Å². The van der Waals surface area contributed by atoms with Crippen LogP contribution in [-0.4, -0.2) is 26.9 Å². The molecule has 0 bridgehead atoms. The smallest absolute Gasteiger partial charge is 0.382 e. The van der Waals surface area contributed by atoms with Crippen molar-refractivity contribution in [2.24, 2.45) is 0 Å². The number of nitrogens with zero attached hydrogens (tertiary/aromatic N) is 4. The maximum absolute atomic E-state index is 12.6. The molecule has 164 valence electrons. The van der Waals surface area contributed by atoms with E-state index in [1.807, 2.05) is 6.92 Å². The second-order valence-electron chi connectivity index (χ2n) is 6.48. The maximum Gasteiger partial charge on any atom is 0.416 e. The molecule has 4 N–H and O–H groups in total. The van der Waals surface area contributed by atoms with Crippen molar-refractivity contribution in [3.63, 3.8) is 0 Å². The Morgan fingerprint density at radius 3 is 2.48 bits per heavy atom. The quantitative estimate of drug-likeness (QED) is 0.345. The molecule has 3 aromatic rings. The van der Waals surface area contributed by atoms with E-state index >= 15 is 0 Å². The molecule has 31 heavy (non-hydrogen) atoms. The van der Waals surface area contributed by atoms with Crippen molar-refractivity contribution < 1.29 is 17.9 Å². The third-order valence-electron chi connectivity index (χ3n) is 4.23. The first-order chi connectivity index (χ1) is 14.7. The summed E-state index contributed by atoms with van der Waals surface area (Å²) in [6.45, 7) is 2.24. The molecule has 0 amide bonds. The first-order valence-electron chi connectivity index (χ1n) is 9.08. The van der Waals surface area contributed by atoms with E-state index in [4.69, 9.17) is 22.1 Å². The average molecular weight is 454 g/mol. The minimum atomic E-state index is -4.37. The van der Waals surface area contributed by atoms with Gasteiger partial charge in [0.25, 0.3) is 0 Å². The molecule has 1 unspecified atom stereocenters. The van der Waals surface area contributed by atoms with Gasteiger partial charge in [-0.15, -0.1) is 5.10 Å². The second-order valence-corrected chi connectivity index (χ2v) is 6.86. The molecule has 0 aliphatic rings. The summed E-state index contributed by atoms with van der Waals surface area (Å²) in [5.41, 5.74) is 6.52. The largest absolute Gasteiger partial charge is 0.416 e. The van der Waals surface area contributed by atoms with Gasteiger partial charge in [0.2, 0.25) is 0 Å². The van der Waals surface area contributed by atoms with Crippen molar-refractivity contribution in [1.82, 2.24) is 25.5 Å². The lowest BCUT2D eigenvalue weighted by Gasteiger charge is -2.14. The number of nitrogens with one attached hydrogen (secondary N) is 2. The molecule has 0 saturated carbocycles. The number of nitrogen functional groups attached to an aromatic ring is 1. The first kappa shape index (κ1) is 22.7. The zero-order valence-corrected chi connectivity index (χ0v) is 17.1. The van der Waals surface area contributed by atoms with Gasteiger partial charge in [-0.1, -0.05) is 11.6 Å². The van der Waals surface area contributed by atoms with Crippen LogP contribution in [0.4, 0.5) is 30.5 Å². The van der Waals surface area contributed by atoms with Crippen LogP contribution in [0.25, 0.3) is 0 Å². The molecular formula is C19H19ClF3N7O. The van der Waals surface area contributed by atoms with Crippen LogP contribution < -0.4 is 16.4 Å². The molecule has 8 nitrogen and oxygen atoms in total. The SMILES string of the molecule is CC(NCOCc1ncnc(N)c1Cl)c1ccc(Nc2ccc(C(F)(F)F)cc2)nn1. The van der Waals surface area contributed by atoms with E-state index in [1.165, 1.54) is 18.5 Å². The molecule has 0 spiro atoms. The zero-order valence-electron chi connectivity index (χ0n) is 16.3. The van der Waals surface area contributed by atoms with Crippen molar-refractivity contribution in [2.45, 2.75) is 25.7 Å². The summed E-state index contributed by atoms with van der Waals surface area (Å²) < 4.78 is 43.4. The number of hydrogen-bond acceptors (Lipinski definition) is 8. The van der Waals surface area contributed by atoms with E-state index in [2.05, 4.69) is 30.8 Å². The Labute approximate surface area is 181 Å². The van der Waals surface area contributed by atoms with Crippen LogP contribution >= 0.6 is 11.6 Å². The van der Waals surface area contributed by atoms with Crippen LogP contribution in [0.2, 0.25) is 5.02 Å². The minimum absolute atomic E-state index is 0.160. The highest BCUT2D eigenvalue weighted by molar-refractivity contribution is 6.33. The number of aromatic nitrogens is 4. The summed E-state index contributed by atoms with van der Waals surface area (Å²) in [6.07, 6.45) is -3.06. The predicted octanol–water partition coefficient (Wildman–Crippen LogP) is 4.09. The highest BCUT2D eigenvalue weighted by Gasteiger charge is 2.29. The molecule has 1 atom stereocenters. The zero-order chi connectivity index (χ0) is 22.4. The normalized spacial score (nSPS) is 12.5. The third-order valence-corrected chi connectivity index (χ3v) is 4.64. The third kappa shape index (κ3) is 6.23. The molecule has 2 aromatic heterocycles. The summed E-state index contributed by atoms with van der Waals surface area (Å²) in [4.78, 5) is 7.79. The van der Waals surface area contributed by atoms with Crippen molar-refractivity contribution in [2.75, 3.05) is 17.8 Å². The van der Waals surface area contributed by atoms with E-state index in [9.17, 15) is 13.2 Å². The molecular weight excluding hydrogens is 435 g/mol. The fourth-order valence-electron chi connectivity index (χ4n) is 2.49. The fraction of sp³-hybridized carbons (Fsp3) is 0.263. The van der Waals surface area contributed by atoms with Gasteiger partial charge in [0.15, 0.2) is 5.82 Å². The van der Waals surface area contributed by atoms with Gasteiger partial charge >= 0.3 is 6.18 Å². The predicted molar refractivity (Wildman–Crippen MR) is 109 cm³/mol. The van der Waals surface area contributed by atoms with Crippen LogP contribution in [0.3, 0.4) is 0 Å². The van der Waals surface area contributed by atoms with Gasteiger partial charge in [-0.2, -0.15) is 18.3 Å². The van der Waals surface area contributed by atoms with Gasteiger partial charge in [0, 0.05) is 5.69 Å². The van der Waals surface area contributed by atoms with E-state index < -0.39 is 11.7 Å². The number of alkyl halides is 3. The fourth-order valence-corrected chi connectivity index (χ4v) is 2.64. The second kappa shape index (κ2) is 9.86. The highest BCUT2D eigenvalue weighted by atomic mass is 35.5. The average Bonchev–Trinajstić information content (AvgIpc) is 2.74. The summed E-state index contributed by atoms with van der Waals surface area (Å²) in [5, 5.41) is 14.5. The lowest BCUT2D eigenvalue weighted by molar-refractivity contribution is -0.137. The van der Waals surface area contributed by atoms with Gasteiger partial charge < -0.3 is 15.8 Å². The van der Waals surface area contributed by atoms with Crippen molar-refractivity contribution in [1.29, 1.82) is 0 Å². The molecule has 3 rings (SSSR count). The lowest BCUT2D eigenvalue weighted by atomic mass is 10.2. The van der Waals surface area contributed by atoms with Crippen LogP contribution in [0.5, 0.6) is 0 Å². The lowest BCUT2D eigenvalue weighted by Crippen LogP contribution is -2.23. The summed E-state index contributed by atoms with van der Waals surface area (Å²) >= 11 is 6.01. The molecule has 2 heterocycles. The number of ether oxygens (including phenoxy) is 1. The molecule has 0 saturated heterocycles. The van der Waals surface area contributed by atoms with Crippen molar-refractivity contribution in [3.8, 4) is 0 Å². The number of anilines is 3. The number of halogens is 4.